The van der Waals surface area contributed by atoms with Crippen LogP contribution in [0, 0.1) is 18.8 Å². The monoisotopic (exact) mass is 263 g/mol. The molecule has 5 rings (SSSR count). The topological polar surface area (TPSA) is 3.24 Å². The van der Waals surface area contributed by atoms with Crippen molar-refractivity contribution in [2.75, 3.05) is 18.0 Å². The highest BCUT2D eigenvalue weighted by Crippen LogP contribution is 2.52. The van der Waals surface area contributed by atoms with E-state index in [0.717, 1.165) is 11.8 Å². The van der Waals surface area contributed by atoms with E-state index in [0.29, 0.717) is 11.8 Å². The summed E-state index contributed by atoms with van der Waals surface area (Å²) in [5.41, 5.74) is 6.27. The lowest BCUT2D eigenvalue weighted by atomic mass is 9.74. The summed E-state index contributed by atoms with van der Waals surface area (Å²) in [4.78, 5) is 2.71. The van der Waals surface area contributed by atoms with E-state index in [1.54, 1.807) is 16.8 Å². The Kier molecular flexibility index (Phi) is 2.12. The van der Waals surface area contributed by atoms with Crippen molar-refractivity contribution in [3.05, 3.63) is 53.1 Å². The molecular weight excluding hydrogens is 242 g/mol. The lowest BCUT2D eigenvalue weighted by Crippen LogP contribution is -2.43. The van der Waals surface area contributed by atoms with E-state index >= 15 is 0 Å². The Morgan fingerprint density at radius 2 is 1.45 bits per heavy atom. The standard InChI is InChI=1S/C19H21N/c1-12-8-17-15-6-2-4-13(15)10-20-11-14-5-3-7-16(14)18(9-12)19(17)20/h2-3,6-9,13-16H,4-5,10-11H2,1H3/t13-,14-,15-,16-/m1/s1. The first-order chi connectivity index (χ1) is 9.81. The first-order valence-corrected chi connectivity index (χ1v) is 8.04. The van der Waals surface area contributed by atoms with E-state index in [4.69, 9.17) is 0 Å². The highest BCUT2D eigenvalue weighted by Gasteiger charge is 2.41. The predicted octanol–water partition coefficient (Wildman–Crippen LogP) is 4.15. The van der Waals surface area contributed by atoms with E-state index in [-0.39, 0.29) is 0 Å². The molecule has 102 valence electrons. The minimum atomic E-state index is 0.682. The molecule has 0 radical (unpaired) electrons. The van der Waals surface area contributed by atoms with Crippen molar-refractivity contribution >= 4 is 5.69 Å². The van der Waals surface area contributed by atoms with Crippen molar-refractivity contribution in [2.24, 2.45) is 11.8 Å². The van der Waals surface area contributed by atoms with Gasteiger partial charge >= 0.3 is 0 Å². The first kappa shape index (κ1) is 11.2. The van der Waals surface area contributed by atoms with E-state index in [2.05, 4.69) is 48.3 Å². The number of aryl methyl sites for hydroxylation is 1. The molecule has 20 heavy (non-hydrogen) atoms. The van der Waals surface area contributed by atoms with Crippen LogP contribution in [-0.2, 0) is 0 Å². The zero-order valence-electron chi connectivity index (χ0n) is 12.0. The van der Waals surface area contributed by atoms with Crippen molar-refractivity contribution in [3.63, 3.8) is 0 Å². The molecule has 0 saturated heterocycles. The number of nitrogens with zero attached hydrogens (tertiary/aromatic N) is 1. The van der Waals surface area contributed by atoms with Gasteiger partial charge in [0.2, 0.25) is 0 Å². The SMILES string of the molecule is Cc1cc2c3c(c1)[C@@H]1C=CC[C@@H]1CN3C[C@H]1CC=C[C@@H]21. The van der Waals surface area contributed by atoms with Crippen LogP contribution in [0.4, 0.5) is 5.69 Å². The normalized spacial score (nSPS) is 36.0. The molecule has 1 aromatic carbocycles. The van der Waals surface area contributed by atoms with Gasteiger partial charge in [-0.05, 0) is 42.7 Å². The first-order valence-electron chi connectivity index (χ1n) is 8.04. The second kappa shape index (κ2) is 3.78. The van der Waals surface area contributed by atoms with Gasteiger partial charge in [0, 0.05) is 30.6 Å². The Morgan fingerprint density at radius 3 is 2.00 bits per heavy atom. The van der Waals surface area contributed by atoms with Gasteiger partial charge in [0.05, 0.1) is 0 Å². The molecule has 0 aromatic heterocycles. The molecule has 4 atom stereocenters. The van der Waals surface area contributed by atoms with Crippen LogP contribution in [0.3, 0.4) is 0 Å². The number of anilines is 1. The second-order valence-corrected chi connectivity index (χ2v) is 7.10. The van der Waals surface area contributed by atoms with Gasteiger partial charge in [-0.25, -0.2) is 0 Å². The van der Waals surface area contributed by atoms with Crippen LogP contribution in [-0.4, -0.2) is 13.1 Å². The maximum Gasteiger partial charge on any atom is 0.0444 e. The van der Waals surface area contributed by atoms with Crippen LogP contribution in [0.25, 0.3) is 0 Å². The average molecular weight is 263 g/mol. The van der Waals surface area contributed by atoms with E-state index in [1.165, 1.54) is 31.5 Å². The summed E-state index contributed by atoms with van der Waals surface area (Å²) < 4.78 is 0. The van der Waals surface area contributed by atoms with Gasteiger partial charge in [-0.2, -0.15) is 0 Å². The van der Waals surface area contributed by atoms with Crippen LogP contribution in [0.1, 0.15) is 41.4 Å². The summed E-state index contributed by atoms with van der Waals surface area (Å²) in [6.45, 7) is 4.81. The van der Waals surface area contributed by atoms with Gasteiger partial charge in [-0.1, -0.05) is 42.0 Å². The van der Waals surface area contributed by atoms with Gasteiger partial charge in [0.1, 0.15) is 0 Å². The summed E-state index contributed by atoms with van der Waals surface area (Å²) in [5.74, 6) is 3.01. The number of fused-ring (bicyclic) bond motifs is 4. The van der Waals surface area contributed by atoms with Crippen molar-refractivity contribution in [3.8, 4) is 0 Å². The summed E-state index contributed by atoms with van der Waals surface area (Å²) >= 11 is 0. The second-order valence-electron chi connectivity index (χ2n) is 7.10. The predicted molar refractivity (Wildman–Crippen MR) is 83.4 cm³/mol. The van der Waals surface area contributed by atoms with E-state index in [1.807, 2.05) is 0 Å². The van der Waals surface area contributed by atoms with Crippen molar-refractivity contribution in [1.29, 1.82) is 0 Å². The lowest BCUT2D eigenvalue weighted by Gasteiger charge is -2.46. The summed E-state index contributed by atoms with van der Waals surface area (Å²) in [7, 11) is 0. The lowest BCUT2D eigenvalue weighted by molar-refractivity contribution is 0.410. The molecule has 1 nitrogen and oxygen atoms in total. The van der Waals surface area contributed by atoms with Crippen LogP contribution < -0.4 is 4.90 Å². The van der Waals surface area contributed by atoms with Crippen molar-refractivity contribution < 1.29 is 0 Å². The molecule has 0 amide bonds. The molecule has 1 aromatic rings. The molecule has 0 saturated carbocycles. The zero-order chi connectivity index (χ0) is 13.3. The molecule has 0 bridgehead atoms. The quantitative estimate of drug-likeness (QED) is 0.636. The van der Waals surface area contributed by atoms with Gasteiger partial charge < -0.3 is 4.90 Å². The molecule has 0 fully saturated rings. The van der Waals surface area contributed by atoms with E-state index < -0.39 is 0 Å². The number of benzene rings is 1. The number of allylic oxidation sites excluding steroid dienone is 4. The molecule has 4 aliphatic rings. The highest BCUT2D eigenvalue weighted by atomic mass is 15.2. The Bertz CT molecular complexity index is 588. The number of hydrogen-bond acceptors (Lipinski definition) is 1. The molecule has 2 aliphatic heterocycles. The van der Waals surface area contributed by atoms with Gasteiger partial charge in [0.25, 0.3) is 0 Å². The largest absolute Gasteiger partial charge is 0.370 e. The molecule has 2 heterocycles. The number of hydrogen-bond donors (Lipinski definition) is 0. The molecule has 0 unspecified atom stereocenters. The van der Waals surface area contributed by atoms with Crippen LogP contribution in [0.5, 0.6) is 0 Å². The van der Waals surface area contributed by atoms with Gasteiger partial charge in [0.15, 0.2) is 0 Å². The maximum absolute atomic E-state index is 2.71. The Hall–Kier alpha value is -1.50. The van der Waals surface area contributed by atoms with Gasteiger partial charge in [-0.15, -0.1) is 0 Å². The highest BCUT2D eigenvalue weighted by molar-refractivity contribution is 5.69. The average Bonchev–Trinajstić information content (AvgIpc) is 3.06. The van der Waals surface area contributed by atoms with Crippen molar-refractivity contribution in [2.45, 2.75) is 31.6 Å². The Morgan fingerprint density at radius 1 is 0.900 bits per heavy atom. The molecule has 2 aliphatic carbocycles. The fraction of sp³-hybridized carbons (Fsp3) is 0.474. The third-order valence-corrected chi connectivity index (χ3v) is 5.84. The fourth-order valence-electron chi connectivity index (χ4n) is 5.03. The molecule has 1 heteroatoms. The van der Waals surface area contributed by atoms with Crippen LogP contribution in [0.15, 0.2) is 36.4 Å². The smallest absolute Gasteiger partial charge is 0.0444 e. The minimum Gasteiger partial charge on any atom is -0.370 e. The van der Waals surface area contributed by atoms with Gasteiger partial charge in [-0.3, -0.25) is 0 Å². The Labute approximate surface area is 121 Å². The summed E-state index contributed by atoms with van der Waals surface area (Å²) in [5, 5.41) is 0. The summed E-state index contributed by atoms with van der Waals surface area (Å²) in [6, 6.07) is 4.91. The number of rotatable bonds is 0. The zero-order valence-corrected chi connectivity index (χ0v) is 12.0. The minimum absolute atomic E-state index is 0.682. The van der Waals surface area contributed by atoms with Crippen molar-refractivity contribution in [1.82, 2.24) is 0 Å². The Balaban J connectivity index is 1.76. The summed E-state index contributed by atoms with van der Waals surface area (Å²) in [6.07, 6.45) is 12.3. The van der Waals surface area contributed by atoms with E-state index in [9.17, 15) is 0 Å². The third-order valence-electron chi connectivity index (χ3n) is 5.84. The molecule has 0 N–H and O–H groups in total. The maximum atomic E-state index is 2.71. The van der Waals surface area contributed by atoms with Crippen LogP contribution >= 0.6 is 0 Å². The van der Waals surface area contributed by atoms with Crippen LogP contribution in [0.2, 0.25) is 0 Å². The molecular formula is C19H21N. The third kappa shape index (κ3) is 1.33. The molecule has 0 spiro atoms. The fourth-order valence-corrected chi connectivity index (χ4v) is 5.03.